The summed E-state index contributed by atoms with van der Waals surface area (Å²) in [7, 11) is 1.72. The predicted octanol–water partition coefficient (Wildman–Crippen LogP) is 7.43. The van der Waals surface area contributed by atoms with Crippen LogP contribution < -0.4 is 0 Å². The Morgan fingerprint density at radius 1 is 1.08 bits per heavy atom. The summed E-state index contributed by atoms with van der Waals surface area (Å²) in [6.07, 6.45) is 4.49. The zero-order valence-corrected chi connectivity index (χ0v) is 29.9. The van der Waals surface area contributed by atoms with Gasteiger partial charge in [0.2, 0.25) is 5.70 Å². The number of benzene rings is 2. The number of amides is 1. The van der Waals surface area contributed by atoms with Crippen molar-refractivity contribution in [1.82, 2.24) is 9.80 Å². The molecule has 2 aromatic rings. The highest BCUT2D eigenvalue weighted by molar-refractivity contribution is 5.83. The van der Waals surface area contributed by atoms with Crippen LogP contribution in [0.25, 0.3) is 11.1 Å². The number of rotatable bonds is 13. The summed E-state index contributed by atoms with van der Waals surface area (Å²) in [4.78, 5) is 32.4. The third-order valence-corrected chi connectivity index (χ3v) is 10.6. The Labute approximate surface area is 289 Å². The van der Waals surface area contributed by atoms with E-state index in [4.69, 9.17) is 9.47 Å². The quantitative estimate of drug-likeness (QED) is 0.125. The first-order chi connectivity index (χ1) is 23.4. The topological polar surface area (TPSA) is 59.1 Å². The number of methoxy groups -OCH3 is 1. The third-order valence-electron chi connectivity index (χ3n) is 10.6. The Bertz CT molecular complexity index is 1720. The molecule has 0 radical (unpaired) electrons. The summed E-state index contributed by atoms with van der Waals surface area (Å²) in [6.45, 7) is 15.4. The van der Waals surface area contributed by atoms with Gasteiger partial charge in [0.25, 0.3) is 0 Å². The van der Waals surface area contributed by atoms with Crippen LogP contribution in [-0.4, -0.2) is 78.7 Å². The molecule has 4 aliphatic rings. The van der Waals surface area contributed by atoms with Gasteiger partial charge in [-0.25, -0.2) is 18.1 Å². The van der Waals surface area contributed by atoms with Crippen LogP contribution in [0.2, 0.25) is 0 Å². The third kappa shape index (κ3) is 6.53. The van der Waals surface area contributed by atoms with E-state index in [1.807, 2.05) is 63.1 Å². The first-order valence-electron chi connectivity index (χ1n) is 17.7. The number of esters is 1. The average Bonchev–Trinajstić information content (AvgIpc) is 3.77. The molecule has 0 spiro atoms. The Morgan fingerprint density at radius 3 is 2.45 bits per heavy atom. The number of carbonyl (C=O) groups excluding carboxylic acids is 2. The van der Waals surface area contributed by atoms with Crippen molar-refractivity contribution < 1.29 is 32.3 Å². The molecule has 0 aromatic heterocycles. The normalized spacial score (nSPS) is 22.8. The number of hydrogen-bond donors (Lipinski definition) is 0. The van der Waals surface area contributed by atoms with Gasteiger partial charge in [0, 0.05) is 44.4 Å². The summed E-state index contributed by atoms with van der Waals surface area (Å²) in [5, 5.41) is 0. The van der Waals surface area contributed by atoms with Crippen LogP contribution in [0.1, 0.15) is 68.3 Å². The van der Waals surface area contributed by atoms with Gasteiger partial charge in [0.1, 0.15) is 30.0 Å². The Kier molecular flexibility index (Phi) is 10.00. The number of likely N-dealkylation sites (tertiary alicyclic amines) is 1. The molecule has 2 aromatic carbocycles. The maximum absolute atomic E-state index is 16.5. The number of halogens is 2. The number of aryl methyl sites for hydroxylation is 3. The van der Waals surface area contributed by atoms with Crippen LogP contribution in [-0.2, 0) is 19.1 Å². The molecule has 0 bridgehead atoms. The number of nitrogens with zero attached hydrogens (tertiary/aromatic N) is 3. The summed E-state index contributed by atoms with van der Waals surface area (Å²) < 4.78 is 43.3. The maximum atomic E-state index is 16.5. The first-order valence-corrected chi connectivity index (χ1v) is 17.7. The highest BCUT2D eigenvalue weighted by Crippen LogP contribution is 2.57. The smallest absolute Gasteiger partial charge is 0.342 e. The standard InChI is InChI=1S/C40H50F2N3O4/c1-8-49-36(46)18-34(31-17-30(15-27(6)38(31)42)37-25(4)10-9-11-26(37)5)45-22-35(45)39-32(41)16-28(12-13-43-19-29(20-43)23-48-7)21-44(39)33(40(45)47)14-24(2)3/h9-11,15-17,21,24,29,33-34H,8,12-14,18-20,22-23H2,1-7H3/q+1. The molecule has 0 saturated carbocycles. The van der Waals surface area contributed by atoms with Gasteiger partial charge in [-0.1, -0.05) is 32.0 Å². The summed E-state index contributed by atoms with van der Waals surface area (Å²) in [5.74, 6) is -0.818. The molecular weight excluding hydrogens is 624 g/mol. The van der Waals surface area contributed by atoms with Crippen LogP contribution in [0.5, 0.6) is 0 Å². The fourth-order valence-corrected chi connectivity index (χ4v) is 8.30. The minimum Gasteiger partial charge on any atom is -0.466 e. The SMILES string of the molecule is CCOC(=O)CC(c1cc(-c2c(C)cccc2C)cc(C)c1F)[N+]12CC1=C1C(F)=CC(CCN3CC(COC)C3)=CN1C(CC(C)C)C2=O. The molecule has 2 fully saturated rings. The van der Waals surface area contributed by atoms with Crippen LogP contribution in [0.3, 0.4) is 0 Å². The summed E-state index contributed by atoms with van der Waals surface area (Å²) in [6, 6.07) is 8.08. The molecule has 0 aliphatic carbocycles. The molecule has 4 aliphatic heterocycles. The molecule has 4 heterocycles. The van der Waals surface area contributed by atoms with Gasteiger partial charge in [-0.15, -0.1) is 0 Å². The number of allylic oxidation sites excluding steroid dienone is 2. The first kappa shape index (κ1) is 35.2. The van der Waals surface area contributed by atoms with Gasteiger partial charge in [-0.3, -0.25) is 4.79 Å². The fraction of sp³-hybridized carbons (Fsp3) is 0.500. The molecule has 3 unspecified atom stereocenters. The zero-order valence-electron chi connectivity index (χ0n) is 29.9. The molecule has 1 amide bonds. The van der Waals surface area contributed by atoms with Crippen molar-refractivity contribution in [2.24, 2.45) is 11.8 Å². The molecule has 7 nitrogen and oxygen atoms in total. The molecule has 0 N–H and O–H groups in total. The number of quaternary nitrogens is 1. The second kappa shape index (κ2) is 13.9. The number of hydrogen-bond acceptors (Lipinski definition) is 6. The van der Waals surface area contributed by atoms with Gasteiger partial charge in [0.05, 0.1) is 13.2 Å². The summed E-state index contributed by atoms with van der Waals surface area (Å²) in [5.41, 5.74) is 6.42. The number of fused-ring (bicyclic) bond motifs is 2. The minimum absolute atomic E-state index is 0.133. The van der Waals surface area contributed by atoms with E-state index in [2.05, 4.69) is 4.90 Å². The van der Waals surface area contributed by atoms with Gasteiger partial charge in [0.15, 0.2) is 12.4 Å². The van der Waals surface area contributed by atoms with E-state index in [1.165, 1.54) is 0 Å². The van der Waals surface area contributed by atoms with E-state index in [0.29, 0.717) is 35.7 Å². The average molecular weight is 675 g/mol. The van der Waals surface area contributed by atoms with Crippen molar-refractivity contribution in [1.29, 1.82) is 0 Å². The monoisotopic (exact) mass is 674 g/mol. The highest BCUT2D eigenvalue weighted by atomic mass is 19.1. The van der Waals surface area contributed by atoms with Crippen molar-refractivity contribution in [3.63, 3.8) is 0 Å². The highest BCUT2D eigenvalue weighted by Gasteiger charge is 2.70. The van der Waals surface area contributed by atoms with Crippen molar-refractivity contribution in [2.45, 2.75) is 72.9 Å². The molecule has 2 saturated heterocycles. The lowest BCUT2D eigenvalue weighted by Gasteiger charge is -2.41. The van der Waals surface area contributed by atoms with Crippen LogP contribution in [0, 0.1) is 38.4 Å². The lowest BCUT2D eigenvalue weighted by atomic mass is 9.89. The fourth-order valence-electron chi connectivity index (χ4n) is 8.30. The second-order valence-corrected chi connectivity index (χ2v) is 14.7. The molecule has 262 valence electrons. The van der Waals surface area contributed by atoms with Gasteiger partial charge in [-0.2, -0.15) is 0 Å². The second-order valence-electron chi connectivity index (χ2n) is 14.7. The molecule has 3 atom stereocenters. The zero-order chi connectivity index (χ0) is 35.2. The Balaban J connectivity index is 1.42. The van der Waals surface area contributed by atoms with E-state index in [0.717, 1.165) is 54.1 Å². The number of carbonyl (C=O) groups is 2. The van der Waals surface area contributed by atoms with Gasteiger partial charge >= 0.3 is 11.9 Å². The molecule has 9 heteroatoms. The number of ether oxygens (including phenoxy) is 2. The predicted molar refractivity (Wildman–Crippen MR) is 186 cm³/mol. The molecular formula is C40H50F2N3O4+. The van der Waals surface area contributed by atoms with Crippen LogP contribution in [0.15, 0.2) is 65.4 Å². The molecule has 6 rings (SSSR count). The summed E-state index contributed by atoms with van der Waals surface area (Å²) >= 11 is 0. The van der Waals surface area contributed by atoms with E-state index < -0.39 is 23.9 Å². The van der Waals surface area contributed by atoms with Gasteiger partial charge in [-0.05, 0) is 98.1 Å². The molecule has 49 heavy (non-hydrogen) atoms. The van der Waals surface area contributed by atoms with Gasteiger partial charge < -0.3 is 19.3 Å². The largest absolute Gasteiger partial charge is 0.466 e. The lowest BCUT2D eigenvalue weighted by Crippen LogP contribution is -2.54. The van der Waals surface area contributed by atoms with E-state index in [-0.39, 0.29) is 47.3 Å². The van der Waals surface area contributed by atoms with Crippen molar-refractivity contribution in [2.75, 3.05) is 46.5 Å². The van der Waals surface area contributed by atoms with Crippen molar-refractivity contribution >= 4 is 11.9 Å². The van der Waals surface area contributed by atoms with Crippen molar-refractivity contribution in [3.8, 4) is 11.1 Å². The van der Waals surface area contributed by atoms with Crippen LogP contribution >= 0.6 is 0 Å². The lowest BCUT2D eigenvalue weighted by molar-refractivity contribution is -0.740. The Hall–Kier alpha value is -3.66. The van der Waals surface area contributed by atoms with E-state index >= 15 is 8.78 Å². The Morgan fingerprint density at radius 2 is 1.80 bits per heavy atom. The minimum atomic E-state index is -0.904. The van der Waals surface area contributed by atoms with E-state index in [1.54, 1.807) is 33.1 Å². The van der Waals surface area contributed by atoms with Crippen LogP contribution in [0.4, 0.5) is 8.78 Å². The maximum Gasteiger partial charge on any atom is 0.342 e. The van der Waals surface area contributed by atoms with Crippen molar-refractivity contribution in [3.05, 3.63) is 93.5 Å². The van der Waals surface area contributed by atoms with E-state index in [9.17, 15) is 9.59 Å².